The molecular formula is C16H13BrN2O. The van der Waals surface area contributed by atoms with E-state index in [1.807, 2.05) is 42.6 Å². The number of halogens is 1. The first-order valence-electron chi connectivity index (χ1n) is 6.45. The van der Waals surface area contributed by atoms with Crippen molar-refractivity contribution >= 4 is 21.6 Å². The van der Waals surface area contributed by atoms with E-state index in [0.717, 1.165) is 29.8 Å². The quantitative estimate of drug-likeness (QED) is 0.838. The molecule has 3 nitrogen and oxygen atoms in total. The predicted molar refractivity (Wildman–Crippen MR) is 84.3 cm³/mol. The van der Waals surface area contributed by atoms with Crippen molar-refractivity contribution in [2.45, 2.75) is 12.8 Å². The summed E-state index contributed by atoms with van der Waals surface area (Å²) in [5.74, 6) is 0. The molecule has 0 N–H and O–H groups in total. The Balaban J connectivity index is 2.16. The molecule has 2 heterocycles. The molecule has 20 heavy (non-hydrogen) atoms. The molecule has 0 amide bonds. The van der Waals surface area contributed by atoms with Crippen molar-refractivity contribution in [1.29, 1.82) is 0 Å². The van der Waals surface area contributed by atoms with Gasteiger partial charge in [-0.2, -0.15) is 0 Å². The normalized spacial score (nSPS) is 14.2. The summed E-state index contributed by atoms with van der Waals surface area (Å²) in [5.41, 5.74) is 2.75. The van der Waals surface area contributed by atoms with Gasteiger partial charge < -0.3 is 0 Å². The molecular weight excluding hydrogens is 316 g/mol. The topological polar surface area (TPSA) is 34.9 Å². The zero-order valence-electron chi connectivity index (χ0n) is 10.8. The maximum absolute atomic E-state index is 12.3. The summed E-state index contributed by atoms with van der Waals surface area (Å²) in [4.78, 5) is 16.6. The zero-order valence-corrected chi connectivity index (χ0v) is 12.4. The van der Waals surface area contributed by atoms with E-state index in [9.17, 15) is 4.79 Å². The van der Waals surface area contributed by atoms with Crippen molar-refractivity contribution in [1.82, 2.24) is 9.55 Å². The average molecular weight is 329 g/mol. The average Bonchev–Trinajstić information content (AvgIpc) is 2.51. The second-order valence-corrected chi connectivity index (χ2v) is 5.45. The smallest absolute Gasteiger partial charge is 0.269 e. The number of hydrogen-bond donors (Lipinski definition) is 0. The molecule has 1 aliphatic carbocycles. The highest BCUT2D eigenvalue weighted by molar-refractivity contribution is 9.10. The minimum atomic E-state index is -0.0359. The van der Waals surface area contributed by atoms with Gasteiger partial charge in [0.25, 0.3) is 5.56 Å². The van der Waals surface area contributed by atoms with E-state index in [0.29, 0.717) is 4.47 Å². The van der Waals surface area contributed by atoms with Gasteiger partial charge in [-0.15, -0.1) is 0 Å². The SMILES string of the molecule is O=c1c(Br)cc(-c2ccccn2)cn1C1=CC=CCC1. The summed E-state index contributed by atoms with van der Waals surface area (Å²) in [6, 6.07) is 7.57. The molecule has 1 aliphatic rings. The second kappa shape index (κ2) is 5.59. The van der Waals surface area contributed by atoms with E-state index in [4.69, 9.17) is 0 Å². The fourth-order valence-corrected chi connectivity index (χ4v) is 2.66. The van der Waals surface area contributed by atoms with Gasteiger partial charge in [0.2, 0.25) is 0 Å². The molecule has 2 aromatic rings. The fraction of sp³-hybridized carbons (Fsp3) is 0.125. The fourth-order valence-electron chi connectivity index (χ4n) is 2.23. The molecule has 0 bridgehead atoms. The van der Waals surface area contributed by atoms with E-state index < -0.39 is 0 Å². The van der Waals surface area contributed by atoms with Gasteiger partial charge >= 0.3 is 0 Å². The third kappa shape index (κ3) is 2.51. The maximum Gasteiger partial charge on any atom is 0.269 e. The molecule has 2 aromatic heterocycles. The molecule has 0 fully saturated rings. The van der Waals surface area contributed by atoms with E-state index in [2.05, 4.69) is 27.0 Å². The first kappa shape index (κ1) is 13.1. The van der Waals surface area contributed by atoms with Gasteiger partial charge in [-0.1, -0.05) is 18.2 Å². The Morgan fingerprint density at radius 3 is 2.90 bits per heavy atom. The van der Waals surface area contributed by atoms with Crippen LogP contribution < -0.4 is 5.56 Å². The van der Waals surface area contributed by atoms with E-state index in [1.165, 1.54) is 0 Å². The van der Waals surface area contributed by atoms with Crippen LogP contribution in [0.1, 0.15) is 12.8 Å². The Bertz CT molecular complexity index is 745. The zero-order chi connectivity index (χ0) is 13.9. The lowest BCUT2D eigenvalue weighted by Gasteiger charge is -2.14. The molecule has 0 saturated carbocycles. The maximum atomic E-state index is 12.3. The van der Waals surface area contributed by atoms with Crippen LogP contribution in [0.5, 0.6) is 0 Å². The summed E-state index contributed by atoms with van der Waals surface area (Å²) in [7, 11) is 0. The number of allylic oxidation sites excluding steroid dienone is 4. The van der Waals surface area contributed by atoms with Gasteiger partial charge in [-0.05, 0) is 53.0 Å². The molecule has 0 atom stereocenters. The number of nitrogens with zero attached hydrogens (tertiary/aromatic N) is 2. The van der Waals surface area contributed by atoms with Crippen molar-refractivity contribution < 1.29 is 0 Å². The van der Waals surface area contributed by atoms with Gasteiger partial charge in [-0.25, -0.2) is 0 Å². The van der Waals surface area contributed by atoms with Gasteiger partial charge in [0.1, 0.15) is 0 Å². The minimum Gasteiger partial charge on any atom is -0.286 e. The van der Waals surface area contributed by atoms with Crippen LogP contribution in [0.15, 0.2) is 64.2 Å². The Hall–Kier alpha value is -1.94. The Kier molecular flexibility index (Phi) is 3.65. The number of hydrogen-bond acceptors (Lipinski definition) is 2. The second-order valence-electron chi connectivity index (χ2n) is 4.59. The summed E-state index contributed by atoms with van der Waals surface area (Å²) in [6.07, 6.45) is 11.5. The summed E-state index contributed by atoms with van der Waals surface area (Å²) < 4.78 is 2.26. The lowest BCUT2D eigenvalue weighted by atomic mass is 10.1. The van der Waals surface area contributed by atoms with Crippen LogP contribution in [0.3, 0.4) is 0 Å². The van der Waals surface area contributed by atoms with E-state index in [-0.39, 0.29) is 5.56 Å². The number of aromatic nitrogens is 2. The van der Waals surface area contributed by atoms with Crippen LogP contribution in [0.4, 0.5) is 0 Å². The van der Waals surface area contributed by atoms with Gasteiger partial charge in [0.15, 0.2) is 0 Å². The first-order valence-corrected chi connectivity index (χ1v) is 7.25. The lowest BCUT2D eigenvalue weighted by molar-refractivity contribution is 0.904. The molecule has 100 valence electrons. The molecule has 0 spiro atoms. The molecule has 0 saturated heterocycles. The Morgan fingerprint density at radius 2 is 2.20 bits per heavy atom. The largest absolute Gasteiger partial charge is 0.286 e. The third-order valence-corrected chi connectivity index (χ3v) is 3.80. The van der Waals surface area contributed by atoms with E-state index in [1.54, 1.807) is 10.8 Å². The van der Waals surface area contributed by atoms with Crippen LogP contribution >= 0.6 is 15.9 Å². The predicted octanol–water partition coefficient (Wildman–Crippen LogP) is 3.86. The molecule has 3 rings (SSSR count). The summed E-state index contributed by atoms with van der Waals surface area (Å²) in [6.45, 7) is 0. The summed E-state index contributed by atoms with van der Waals surface area (Å²) in [5, 5.41) is 0. The van der Waals surface area contributed by atoms with Crippen molar-refractivity contribution in [2.24, 2.45) is 0 Å². The van der Waals surface area contributed by atoms with Crippen molar-refractivity contribution in [3.8, 4) is 11.3 Å². The molecule has 0 radical (unpaired) electrons. The highest BCUT2D eigenvalue weighted by Crippen LogP contribution is 2.22. The molecule has 0 aliphatic heterocycles. The van der Waals surface area contributed by atoms with Gasteiger partial charge in [0.05, 0.1) is 10.2 Å². The van der Waals surface area contributed by atoms with Crippen molar-refractivity contribution in [3.05, 3.63) is 69.7 Å². The van der Waals surface area contributed by atoms with Crippen LogP contribution in [-0.2, 0) is 0 Å². The van der Waals surface area contributed by atoms with Crippen LogP contribution in [0, 0.1) is 0 Å². The first-order chi connectivity index (χ1) is 9.75. The standard InChI is InChI=1S/C16H13BrN2O/c17-14-10-12(15-8-4-5-9-18-15)11-19(16(14)20)13-6-2-1-3-7-13/h1-2,4-6,8-11H,3,7H2. The lowest BCUT2D eigenvalue weighted by Crippen LogP contribution is -2.20. The molecule has 4 heteroatoms. The van der Waals surface area contributed by atoms with Gasteiger partial charge in [-0.3, -0.25) is 14.3 Å². The van der Waals surface area contributed by atoms with Crippen LogP contribution in [-0.4, -0.2) is 9.55 Å². The Morgan fingerprint density at radius 1 is 1.30 bits per heavy atom. The minimum absolute atomic E-state index is 0.0359. The highest BCUT2D eigenvalue weighted by Gasteiger charge is 2.10. The highest BCUT2D eigenvalue weighted by atomic mass is 79.9. The van der Waals surface area contributed by atoms with Gasteiger partial charge in [0, 0.05) is 23.7 Å². The number of pyridine rings is 2. The molecule has 0 unspecified atom stereocenters. The number of rotatable bonds is 2. The van der Waals surface area contributed by atoms with Crippen LogP contribution in [0.25, 0.3) is 17.0 Å². The molecule has 0 aromatic carbocycles. The Labute approximate surface area is 125 Å². The third-order valence-electron chi connectivity index (χ3n) is 3.24. The van der Waals surface area contributed by atoms with E-state index >= 15 is 0 Å². The summed E-state index contributed by atoms with van der Waals surface area (Å²) >= 11 is 3.35. The van der Waals surface area contributed by atoms with Crippen molar-refractivity contribution in [2.75, 3.05) is 0 Å². The van der Waals surface area contributed by atoms with Crippen LogP contribution in [0.2, 0.25) is 0 Å². The van der Waals surface area contributed by atoms with Crippen molar-refractivity contribution in [3.63, 3.8) is 0 Å². The monoisotopic (exact) mass is 328 g/mol.